The minimum Gasteiger partial charge on any atom is -0.305 e. The molecule has 0 atom stereocenters. The molecule has 2 heterocycles. The first-order chi connectivity index (χ1) is 13.5. The lowest BCUT2D eigenvalue weighted by molar-refractivity contribution is -0.384. The van der Waals surface area contributed by atoms with E-state index in [0.29, 0.717) is 23.2 Å². The second-order valence-corrected chi connectivity index (χ2v) is 6.77. The molecule has 0 radical (unpaired) electrons. The van der Waals surface area contributed by atoms with Crippen molar-refractivity contribution in [3.63, 3.8) is 0 Å². The van der Waals surface area contributed by atoms with Gasteiger partial charge in [-0.05, 0) is 25.8 Å². The Bertz CT molecular complexity index is 1030. The number of rotatable bonds is 5. The highest BCUT2D eigenvalue weighted by molar-refractivity contribution is 6.03. The van der Waals surface area contributed by atoms with Gasteiger partial charge < -0.3 is 5.32 Å². The third-order valence-corrected chi connectivity index (χ3v) is 4.98. The molecule has 2 aromatic heterocycles. The molecule has 1 fully saturated rings. The Morgan fingerprint density at radius 2 is 2.07 bits per heavy atom. The van der Waals surface area contributed by atoms with Crippen molar-refractivity contribution in [1.29, 1.82) is 0 Å². The molecule has 0 unspecified atom stereocenters. The average molecular weight is 381 g/mol. The number of nitrogens with one attached hydrogen (secondary N) is 1. The second kappa shape index (κ2) is 7.22. The summed E-state index contributed by atoms with van der Waals surface area (Å²) >= 11 is 0. The van der Waals surface area contributed by atoms with E-state index in [2.05, 4.69) is 20.7 Å². The van der Waals surface area contributed by atoms with Gasteiger partial charge in [0, 0.05) is 18.2 Å². The van der Waals surface area contributed by atoms with Crippen molar-refractivity contribution in [2.24, 2.45) is 0 Å². The van der Waals surface area contributed by atoms with Gasteiger partial charge in [-0.1, -0.05) is 24.1 Å². The number of nitro groups is 1. The van der Waals surface area contributed by atoms with Gasteiger partial charge in [0.15, 0.2) is 5.69 Å². The standard InChI is InChI=1S/C18H19N7O3/c1-12-17(21-22-23(12)14-7-4-8-15(11-14)25(27)28)18(26)20-16-9-10-19-24(16)13-5-2-3-6-13/h4,7-11,13H,2-3,5-6H2,1H3,(H,20,26). The number of aromatic nitrogens is 5. The molecule has 0 saturated heterocycles. The molecule has 1 saturated carbocycles. The third kappa shape index (κ3) is 3.24. The van der Waals surface area contributed by atoms with Crippen molar-refractivity contribution >= 4 is 17.4 Å². The fraction of sp³-hybridized carbons (Fsp3) is 0.333. The lowest BCUT2D eigenvalue weighted by Crippen LogP contribution is -2.19. The smallest absolute Gasteiger partial charge is 0.279 e. The molecule has 0 spiro atoms. The number of non-ortho nitro benzene ring substituents is 1. The van der Waals surface area contributed by atoms with Gasteiger partial charge in [0.1, 0.15) is 5.82 Å². The molecule has 28 heavy (non-hydrogen) atoms. The monoisotopic (exact) mass is 381 g/mol. The molecule has 10 nitrogen and oxygen atoms in total. The quantitative estimate of drug-likeness (QED) is 0.535. The van der Waals surface area contributed by atoms with Crippen LogP contribution in [-0.4, -0.2) is 35.6 Å². The molecule has 1 amide bonds. The van der Waals surface area contributed by atoms with Crippen LogP contribution in [0.2, 0.25) is 0 Å². The van der Waals surface area contributed by atoms with Gasteiger partial charge in [0.2, 0.25) is 0 Å². The summed E-state index contributed by atoms with van der Waals surface area (Å²) in [5.41, 5.74) is 1.06. The summed E-state index contributed by atoms with van der Waals surface area (Å²) in [4.78, 5) is 23.3. The minimum absolute atomic E-state index is 0.0566. The first-order valence-electron chi connectivity index (χ1n) is 9.06. The van der Waals surface area contributed by atoms with E-state index in [1.165, 1.54) is 16.8 Å². The van der Waals surface area contributed by atoms with Crippen LogP contribution in [0.3, 0.4) is 0 Å². The van der Waals surface area contributed by atoms with Crippen LogP contribution in [0, 0.1) is 17.0 Å². The van der Waals surface area contributed by atoms with E-state index >= 15 is 0 Å². The summed E-state index contributed by atoms with van der Waals surface area (Å²) in [6.07, 6.45) is 6.09. The Hall–Kier alpha value is -3.56. The summed E-state index contributed by atoms with van der Waals surface area (Å²) in [7, 11) is 0. The van der Waals surface area contributed by atoms with Crippen LogP contribution >= 0.6 is 0 Å². The zero-order chi connectivity index (χ0) is 19.7. The summed E-state index contributed by atoms with van der Waals surface area (Å²) < 4.78 is 3.27. The van der Waals surface area contributed by atoms with Gasteiger partial charge in [0.05, 0.1) is 28.5 Å². The summed E-state index contributed by atoms with van der Waals surface area (Å²) in [5.74, 6) is 0.232. The number of anilines is 1. The Morgan fingerprint density at radius 3 is 2.82 bits per heavy atom. The highest BCUT2D eigenvalue weighted by atomic mass is 16.6. The van der Waals surface area contributed by atoms with E-state index < -0.39 is 10.8 Å². The fourth-order valence-electron chi connectivity index (χ4n) is 3.55. The molecule has 0 bridgehead atoms. The van der Waals surface area contributed by atoms with Crippen LogP contribution in [0.25, 0.3) is 5.69 Å². The lowest BCUT2D eigenvalue weighted by atomic mass is 10.2. The maximum atomic E-state index is 12.7. The van der Waals surface area contributed by atoms with E-state index in [0.717, 1.165) is 25.7 Å². The first kappa shape index (κ1) is 17.8. The summed E-state index contributed by atoms with van der Waals surface area (Å²) in [6.45, 7) is 1.70. The van der Waals surface area contributed by atoms with Crippen LogP contribution in [-0.2, 0) is 0 Å². The topological polar surface area (TPSA) is 121 Å². The van der Waals surface area contributed by atoms with E-state index in [-0.39, 0.29) is 11.4 Å². The van der Waals surface area contributed by atoms with Crippen LogP contribution in [0.4, 0.5) is 11.5 Å². The number of hydrogen-bond donors (Lipinski definition) is 1. The SMILES string of the molecule is Cc1c(C(=O)Nc2ccnn2C2CCCC2)nnn1-c1cccc([N+](=O)[O-])c1. The van der Waals surface area contributed by atoms with E-state index in [4.69, 9.17) is 0 Å². The Labute approximate surface area is 160 Å². The molecule has 0 aliphatic heterocycles. The predicted molar refractivity (Wildman–Crippen MR) is 100 cm³/mol. The van der Waals surface area contributed by atoms with Gasteiger partial charge in [0.25, 0.3) is 11.6 Å². The van der Waals surface area contributed by atoms with Gasteiger partial charge in [-0.25, -0.2) is 9.36 Å². The van der Waals surface area contributed by atoms with Crippen molar-refractivity contribution in [1.82, 2.24) is 24.8 Å². The van der Waals surface area contributed by atoms with E-state index in [9.17, 15) is 14.9 Å². The Morgan fingerprint density at radius 1 is 1.29 bits per heavy atom. The van der Waals surface area contributed by atoms with Gasteiger partial charge in [-0.3, -0.25) is 14.9 Å². The Kier molecular flexibility index (Phi) is 4.60. The van der Waals surface area contributed by atoms with Crippen molar-refractivity contribution in [3.8, 4) is 5.69 Å². The fourth-order valence-corrected chi connectivity index (χ4v) is 3.55. The molecule has 4 rings (SSSR count). The predicted octanol–water partition coefficient (Wildman–Crippen LogP) is 3.05. The summed E-state index contributed by atoms with van der Waals surface area (Å²) in [6, 6.07) is 8.08. The van der Waals surface area contributed by atoms with Crippen LogP contribution in [0.5, 0.6) is 0 Å². The minimum atomic E-state index is -0.479. The first-order valence-corrected chi connectivity index (χ1v) is 9.06. The lowest BCUT2D eigenvalue weighted by Gasteiger charge is -2.14. The van der Waals surface area contributed by atoms with Crippen molar-refractivity contribution in [2.45, 2.75) is 38.6 Å². The Balaban J connectivity index is 1.58. The summed E-state index contributed by atoms with van der Waals surface area (Å²) in [5, 5.41) is 26.2. The molecular weight excluding hydrogens is 362 g/mol. The van der Waals surface area contributed by atoms with E-state index in [1.54, 1.807) is 31.3 Å². The van der Waals surface area contributed by atoms with Crippen molar-refractivity contribution < 1.29 is 9.72 Å². The number of carbonyl (C=O) groups excluding carboxylic acids is 1. The zero-order valence-corrected chi connectivity index (χ0v) is 15.3. The molecule has 1 aliphatic carbocycles. The van der Waals surface area contributed by atoms with Crippen LogP contribution in [0.15, 0.2) is 36.5 Å². The highest BCUT2D eigenvalue weighted by Crippen LogP contribution is 2.31. The number of nitrogens with zero attached hydrogens (tertiary/aromatic N) is 6. The zero-order valence-electron chi connectivity index (χ0n) is 15.3. The maximum Gasteiger partial charge on any atom is 0.279 e. The molecule has 144 valence electrons. The van der Waals surface area contributed by atoms with Crippen LogP contribution < -0.4 is 5.32 Å². The maximum absolute atomic E-state index is 12.7. The second-order valence-electron chi connectivity index (χ2n) is 6.77. The van der Waals surface area contributed by atoms with Crippen molar-refractivity contribution in [2.75, 3.05) is 5.32 Å². The van der Waals surface area contributed by atoms with E-state index in [1.807, 2.05) is 4.68 Å². The highest BCUT2D eigenvalue weighted by Gasteiger charge is 2.23. The normalized spacial score (nSPS) is 14.3. The molecule has 1 aromatic carbocycles. The number of hydrogen-bond acceptors (Lipinski definition) is 6. The number of nitro benzene ring substituents is 1. The third-order valence-electron chi connectivity index (χ3n) is 4.98. The number of amides is 1. The van der Waals surface area contributed by atoms with Gasteiger partial charge in [-0.2, -0.15) is 5.10 Å². The largest absolute Gasteiger partial charge is 0.305 e. The molecule has 3 aromatic rings. The number of benzene rings is 1. The average Bonchev–Trinajstić information content (AvgIpc) is 3.42. The van der Waals surface area contributed by atoms with Crippen LogP contribution in [0.1, 0.15) is 47.9 Å². The molecule has 1 N–H and O–H groups in total. The molecule has 10 heteroatoms. The molecule has 1 aliphatic rings. The van der Waals surface area contributed by atoms with Gasteiger partial charge >= 0.3 is 0 Å². The number of carbonyl (C=O) groups is 1. The van der Waals surface area contributed by atoms with Gasteiger partial charge in [-0.15, -0.1) is 5.10 Å². The van der Waals surface area contributed by atoms with Crippen molar-refractivity contribution in [3.05, 3.63) is 58.0 Å². The molecular formula is C18H19N7O3.